The number of aromatic nitrogens is 5. The van der Waals surface area contributed by atoms with Crippen molar-refractivity contribution < 1.29 is 14.3 Å². The number of rotatable bonds is 7. The summed E-state index contributed by atoms with van der Waals surface area (Å²) in [4.78, 5) is 29.3. The van der Waals surface area contributed by atoms with Crippen LogP contribution in [0, 0.1) is 5.41 Å². The highest BCUT2D eigenvalue weighted by atomic mass is 32.2. The molecule has 0 bridgehead atoms. The van der Waals surface area contributed by atoms with Crippen LogP contribution in [0.1, 0.15) is 42.7 Å². The first-order valence-corrected chi connectivity index (χ1v) is 13.0. The summed E-state index contributed by atoms with van der Waals surface area (Å²) in [5.74, 6) is 1.16. The van der Waals surface area contributed by atoms with Gasteiger partial charge >= 0.3 is 5.97 Å². The second kappa shape index (κ2) is 10.4. The van der Waals surface area contributed by atoms with Crippen molar-refractivity contribution in [3.63, 3.8) is 0 Å². The molecule has 0 aliphatic carbocycles. The highest BCUT2D eigenvalue weighted by Crippen LogP contribution is 2.35. The van der Waals surface area contributed by atoms with Crippen molar-refractivity contribution in [3.05, 3.63) is 60.0 Å². The van der Waals surface area contributed by atoms with E-state index < -0.39 is 5.97 Å². The number of anilines is 1. The fourth-order valence-electron chi connectivity index (χ4n) is 4.31. The fraction of sp³-hybridized carbons (Fsp3) is 0.370. The number of carbonyl (C=O) groups excluding carboxylic acids is 1. The molecule has 9 nitrogen and oxygen atoms in total. The molecule has 4 aromatic rings. The van der Waals surface area contributed by atoms with Gasteiger partial charge in [-0.05, 0) is 48.1 Å². The average Bonchev–Trinajstić information content (AvgIpc) is 3.25. The Morgan fingerprint density at radius 2 is 1.84 bits per heavy atom. The van der Waals surface area contributed by atoms with Gasteiger partial charge < -0.3 is 14.4 Å². The van der Waals surface area contributed by atoms with Crippen LogP contribution in [0.4, 0.5) is 5.82 Å². The minimum Gasteiger partial charge on any atom is -0.497 e. The van der Waals surface area contributed by atoms with Crippen molar-refractivity contribution in [2.24, 2.45) is 5.41 Å². The minimum absolute atomic E-state index is 0.244. The van der Waals surface area contributed by atoms with Gasteiger partial charge in [0.15, 0.2) is 16.4 Å². The number of benzene rings is 1. The van der Waals surface area contributed by atoms with Crippen molar-refractivity contribution in [1.29, 1.82) is 0 Å². The highest BCUT2D eigenvalue weighted by molar-refractivity contribution is 7.99. The van der Waals surface area contributed by atoms with Gasteiger partial charge in [-0.15, -0.1) is 0 Å². The fourth-order valence-corrected chi connectivity index (χ4v) is 5.28. The molecule has 1 aliphatic rings. The van der Waals surface area contributed by atoms with Crippen LogP contribution in [-0.2, 0) is 11.3 Å². The molecule has 0 radical (unpaired) electrons. The van der Waals surface area contributed by atoms with Crippen LogP contribution in [0.5, 0.6) is 5.75 Å². The van der Waals surface area contributed by atoms with Crippen LogP contribution in [-0.4, -0.2) is 58.0 Å². The Bertz CT molecular complexity index is 1410. The highest BCUT2D eigenvalue weighted by Gasteiger charge is 2.27. The zero-order valence-corrected chi connectivity index (χ0v) is 22.3. The lowest BCUT2D eigenvalue weighted by Gasteiger charge is -2.37. The molecule has 0 atom stereocenters. The van der Waals surface area contributed by atoms with Crippen LogP contribution in [0.3, 0.4) is 0 Å². The van der Waals surface area contributed by atoms with Crippen LogP contribution in [0.15, 0.2) is 58.7 Å². The monoisotopic (exact) mass is 518 g/mol. The quantitative estimate of drug-likeness (QED) is 0.318. The smallest absolute Gasteiger partial charge is 0.357 e. The zero-order chi connectivity index (χ0) is 26.0. The number of methoxy groups -OCH3 is 2. The summed E-state index contributed by atoms with van der Waals surface area (Å²) >= 11 is 1.33. The summed E-state index contributed by atoms with van der Waals surface area (Å²) in [5.41, 5.74) is 3.02. The van der Waals surface area contributed by atoms with Crippen molar-refractivity contribution in [1.82, 2.24) is 24.7 Å². The third-order valence-electron chi connectivity index (χ3n) is 6.69. The van der Waals surface area contributed by atoms with E-state index in [4.69, 9.17) is 24.5 Å². The molecule has 1 aliphatic heterocycles. The van der Waals surface area contributed by atoms with Crippen molar-refractivity contribution in [3.8, 4) is 5.75 Å². The van der Waals surface area contributed by atoms with Gasteiger partial charge in [-0.3, -0.25) is 0 Å². The summed E-state index contributed by atoms with van der Waals surface area (Å²) < 4.78 is 12.1. The number of hydrogen-bond acceptors (Lipinski definition) is 9. The lowest BCUT2D eigenvalue weighted by atomic mass is 9.83. The lowest BCUT2D eigenvalue weighted by molar-refractivity contribution is 0.0589. The predicted molar refractivity (Wildman–Crippen MR) is 142 cm³/mol. The Kier molecular flexibility index (Phi) is 7.01. The van der Waals surface area contributed by atoms with Crippen molar-refractivity contribution in [2.45, 2.75) is 43.2 Å². The van der Waals surface area contributed by atoms with Crippen LogP contribution in [0.2, 0.25) is 0 Å². The summed E-state index contributed by atoms with van der Waals surface area (Å²) in [6, 6.07) is 11.5. The van der Waals surface area contributed by atoms with E-state index in [0.717, 1.165) is 43.1 Å². The van der Waals surface area contributed by atoms with Gasteiger partial charge in [0.1, 0.15) is 17.1 Å². The van der Waals surface area contributed by atoms with Crippen LogP contribution < -0.4 is 9.64 Å². The summed E-state index contributed by atoms with van der Waals surface area (Å²) in [6.45, 7) is 7.03. The number of piperidine rings is 1. The van der Waals surface area contributed by atoms with E-state index in [9.17, 15) is 4.79 Å². The molecule has 5 rings (SSSR count). The molecule has 192 valence electrons. The van der Waals surface area contributed by atoms with E-state index in [2.05, 4.69) is 23.7 Å². The largest absolute Gasteiger partial charge is 0.497 e. The third kappa shape index (κ3) is 5.39. The van der Waals surface area contributed by atoms with Gasteiger partial charge in [-0.2, -0.15) is 5.10 Å². The molecule has 0 saturated carbocycles. The van der Waals surface area contributed by atoms with Gasteiger partial charge in [-0.1, -0.05) is 37.7 Å². The zero-order valence-electron chi connectivity index (χ0n) is 21.5. The topological polar surface area (TPSA) is 95.3 Å². The molecule has 0 unspecified atom stereocenters. The maximum absolute atomic E-state index is 12.3. The molecule has 0 spiro atoms. The first kappa shape index (κ1) is 25.0. The van der Waals surface area contributed by atoms with E-state index >= 15 is 0 Å². The molecule has 3 aromatic heterocycles. The Morgan fingerprint density at radius 1 is 1.08 bits per heavy atom. The minimum atomic E-state index is -0.494. The maximum Gasteiger partial charge on any atom is 0.357 e. The number of carbonyl (C=O) groups is 1. The van der Waals surface area contributed by atoms with E-state index in [1.807, 2.05) is 41.2 Å². The summed E-state index contributed by atoms with van der Waals surface area (Å²) in [7, 11) is 3.00. The molecule has 10 heteroatoms. The normalized spacial score (nSPS) is 15.1. The second-order valence-electron chi connectivity index (χ2n) is 9.81. The number of pyridine rings is 1. The van der Waals surface area contributed by atoms with Gasteiger partial charge in [0, 0.05) is 24.2 Å². The first-order chi connectivity index (χ1) is 17.9. The molecule has 37 heavy (non-hydrogen) atoms. The lowest BCUT2D eigenvalue weighted by Crippen LogP contribution is -2.37. The van der Waals surface area contributed by atoms with E-state index in [1.54, 1.807) is 19.4 Å². The molecule has 0 amide bonds. The molecule has 1 aromatic carbocycles. The van der Waals surface area contributed by atoms with Crippen LogP contribution in [0.25, 0.3) is 11.2 Å². The van der Waals surface area contributed by atoms with Crippen molar-refractivity contribution in [2.75, 3.05) is 32.2 Å². The molecule has 4 heterocycles. The van der Waals surface area contributed by atoms with E-state index in [0.29, 0.717) is 33.0 Å². The summed E-state index contributed by atoms with van der Waals surface area (Å²) in [5, 5.41) is 5.54. The molecule has 1 fully saturated rings. The number of hydrogen-bond donors (Lipinski definition) is 0. The maximum atomic E-state index is 12.3. The van der Waals surface area contributed by atoms with Gasteiger partial charge in [-0.25, -0.2) is 24.4 Å². The molecule has 0 N–H and O–H groups in total. The predicted octanol–water partition coefficient (Wildman–Crippen LogP) is 4.84. The van der Waals surface area contributed by atoms with Gasteiger partial charge in [0.25, 0.3) is 0 Å². The Hall–Kier alpha value is -3.66. The molecule has 1 saturated heterocycles. The van der Waals surface area contributed by atoms with Crippen LogP contribution >= 0.6 is 11.8 Å². The van der Waals surface area contributed by atoms with Gasteiger partial charge in [0.2, 0.25) is 0 Å². The molecular weight excluding hydrogens is 488 g/mol. The Balaban J connectivity index is 1.53. The number of ether oxygens (including phenoxy) is 2. The van der Waals surface area contributed by atoms with Crippen molar-refractivity contribution >= 4 is 34.7 Å². The first-order valence-electron chi connectivity index (χ1n) is 12.2. The SMILES string of the molecule is COC(=O)c1ncccc1Sc1nn(Cc2ccc(OC)cc2)c2nc(N3CCC(C)(C)CC3)cnc12. The molecular formula is C27H30N6O3S. The summed E-state index contributed by atoms with van der Waals surface area (Å²) in [6.07, 6.45) is 5.61. The number of fused-ring (bicyclic) bond motifs is 1. The second-order valence-corrected chi connectivity index (χ2v) is 10.8. The van der Waals surface area contributed by atoms with E-state index in [-0.39, 0.29) is 5.69 Å². The Labute approximate surface area is 220 Å². The average molecular weight is 519 g/mol. The van der Waals surface area contributed by atoms with Gasteiger partial charge in [0.05, 0.1) is 27.0 Å². The number of esters is 1. The standard InChI is InChI=1S/C27H30N6O3S/c1-27(2)11-14-32(15-12-27)21-16-29-23-24(30-21)33(17-18-7-9-19(35-3)10-8-18)31-25(23)37-20-6-5-13-28-22(20)26(34)36-4/h5-10,13,16H,11-12,14-15,17H2,1-4H3. The van der Waals surface area contributed by atoms with E-state index in [1.165, 1.54) is 18.9 Å². The number of nitrogens with zero attached hydrogens (tertiary/aromatic N) is 6. The third-order valence-corrected chi connectivity index (χ3v) is 7.71. The Morgan fingerprint density at radius 3 is 2.54 bits per heavy atom.